The van der Waals surface area contributed by atoms with Gasteiger partial charge in [-0.15, -0.1) is 0 Å². The minimum absolute atomic E-state index is 0.0948. The van der Waals surface area contributed by atoms with E-state index < -0.39 is 5.82 Å². The van der Waals surface area contributed by atoms with E-state index in [2.05, 4.69) is 5.43 Å². The van der Waals surface area contributed by atoms with Gasteiger partial charge < -0.3 is 4.42 Å². The Morgan fingerprint density at radius 3 is 2.67 bits per heavy atom. The maximum atomic E-state index is 13.3. The molecule has 0 saturated heterocycles. The second kappa shape index (κ2) is 5.71. The normalized spacial score (nSPS) is 12.7. The zero-order chi connectivity index (χ0) is 13.1. The molecule has 0 amide bonds. The van der Waals surface area contributed by atoms with Crippen LogP contribution < -0.4 is 11.3 Å². The third-order valence-electron chi connectivity index (χ3n) is 2.65. The van der Waals surface area contributed by atoms with Gasteiger partial charge in [0.25, 0.3) is 0 Å². The first-order valence-corrected chi connectivity index (χ1v) is 6.00. The van der Waals surface area contributed by atoms with Crippen molar-refractivity contribution in [1.82, 2.24) is 5.43 Å². The number of benzene rings is 1. The molecule has 0 bridgehead atoms. The summed E-state index contributed by atoms with van der Waals surface area (Å²) in [5, 5.41) is 0.365. The summed E-state index contributed by atoms with van der Waals surface area (Å²) in [6.07, 6.45) is 1.95. The molecule has 18 heavy (non-hydrogen) atoms. The Morgan fingerprint density at radius 2 is 2.11 bits per heavy atom. The van der Waals surface area contributed by atoms with Crippen LogP contribution in [0.5, 0.6) is 0 Å². The van der Waals surface area contributed by atoms with E-state index in [1.807, 2.05) is 0 Å². The zero-order valence-corrected chi connectivity index (χ0v) is 10.8. The molecular weight excluding hydrogens is 278 g/mol. The van der Waals surface area contributed by atoms with E-state index in [-0.39, 0.29) is 16.3 Å². The number of rotatable bonds is 4. The molecule has 96 valence electrons. The Kier molecular flexibility index (Phi) is 4.24. The molecule has 1 unspecified atom stereocenters. The summed E-state index contributed by atoms with van der Waals surface area (Å²) in [5.41, 5.74) is 4.12. The molecule has 0 fully saturated rings. The highest BCUT2D eigenvalue weighted by Crippen LogP contribution is 2.27. The number of nitrogens with one attached hydrogen (secondary N) is 1. The maximum absolute atomic E-state index is 13.3. The zero-order valence-electron chi connectivity index (χ0n) is 9.29. The van der Waals surface area contributed by atoms with Crippen molar-refractivity contribution >= 4 is 23.2 Å². The lowest BCUT2D eigenvalue weighted by atomic mass is 10.0. The fraction of sp³-hybridized carbons (Fsp3) is 0.167. The van der Waals surface area contributed by atoms with Gasteiger partial charge in [-0.05, 0) is 41.8 Å². The number of hydrogen-bond acceptors (Lipinski definition) is 3. The minimum Gasteiger partial charge on any atom is -0.453 e. The van der Waals surface area contributed by atoms with Crippen LogP contribution in [-0.4, -0.2) is 0 Å². The van der Waals surface area contributed by atoms with Crippen LogP contribution in [0.4, 0.5) is 4.39 Å². The summed E-state index contributed by atoms with van der Waals surface area (Å²) in [7, 11) is 0. The van der Waals surface area contributed by atoms with E-state index >= 15 is 0 Å². The van der Waals surface area contributed by atoms with Crippen LogP contribution >= 0.6 is 23.2 Å². The van der Waals surface area contributed by atoms with Gasteiger partial charge in [-0.3, -0.25) is 11.3 Å². The first kappa shape index (κ1) is 13.4. The molecule has 3 nitrogen and oxygen atoms in total. The van der Waals surface area contributed by atoms with Crippen LogP contribution in [0.2, 0.25) is 10.2 Å². The SMILES string of the molecule is NNC(Cc1ccc(Cl)c(F)c1)c1ccoc1Cl. The number of furan rings is 1. The summed E-state index contributed by atoms with van der Waals surface area (Å²) >= 11 is 11.5. The Hall–Kier alpha value is -1.07. The Labute approximate surface area is 114 Å². The fourth-order valence-corrected chi connectivity index (χ4v) is 2.08. The third-order valence-corrected chi connectivity index (χ3v) is 3.26. The minimum atomic E-state index is -0.455. The van der Waals surface area contributed by atoms with E-state index in [4.69, 9.17) is 33.5 Å². The van der Waals surface area contributed by atoms with E-state index in [0.717, 1.165) is 11.1 Å². The van der Waals surface area contributed by atoms with Crippen LogP contribution in [0.15, 0.2) is 34.9 Å². The number of halogens is 3. The topological polar surface area (TPSA) is 51.2 Å². The quantitative estimate of drug-likeness (QED) is 0.669. The summed E-state index contributed by atoms with van der Waals surface area (Å²) in [4.78, 5) is 0. The van der Waals surface area contributed by atoms with E-state index in [1.54, 1.807) is 12.1 Å². The average molecular weight is 289 g/mol. The summed E-state index contributed by atoms with van der Waals surface area (Å²) in [6.45, 7) is 0. The molecule has 1 aromatic carbocycles. The molecule has 1 aromatic heterocycles. The molecule has 0 spiro atoms. The summed E-state index contributed by atoms with van der Waals surface area (Å²) < 4.78 is 18.3. The monoisotopic (exact) mass is 288 g/mol. The highest BCUT2D eigenvalue weighted by molar-refractivity contribution is 6.30. The summed E-state index contributed by atoms with van der Waals surface area (Å²) in [6, 6.07) is 6.09. The molecule has 1 heterocycles. The molecule has 0 aliphatic rings. The second-order valence-corrected chi connectivity index (χ2v) is 4.57. The van der Waals surface area contributed by atoms with Gasteiger partial charge in [-0.1, -0.05) is 17.7 Å². The van der Waals surface area contributed by atoms with Crippen molar-refractivity contribution in [3.05, 3.63) is 57.7 Å². The van der Waals surface area contributed by atoms with Crippen LogP contribution in [0.3, 0.4) is 0 Å². The predicted molar refractivity (Wildman–Crippen MR) is 68.9 cm³/mol. The number of hydrogen-bond donors (Lipinski definition) is 2. The Bertz CT molecular complexity index is 545. The van der Waals surface area contributed by atoms with Gasteiger partial charge in [0, 0.05) is 5.56 Å². The first-order chi connectivity index (χ1) is 8.61. The molecular formula is C12H11Cl2FN2O. The van der Waals surface area contributed by atoms with Crippen molar-refractivity contribution in [2.45, 2.75) is 12.5 Å². The predicted octanol–water partition coefficient (Wildman–Crippen LogP) is 3.47. The molecule has 0 saturated carbocycles. The van der Waals surface area contributed by atoms with Crippen molar-refractivity contribution in [2.75, 3.05) is 0 Å². The van der Waals surface area contributed by atoms with Crippen molar-refractivity contribution in [1.29, 1.82) is 0 Å². The smallest absolute Gasteiger partial charge is 0.197 e. The molecule has 1 atom stereocenters. The largest absolute Gasteiger partial charge is 0.453 e. The molecule has 3 N–H and O–H groups in total. The van der Waals surface area contributed by atoms with Crippen LogP contribution in [0.1, 0.15) is 17.2 Å². The number of nitrogens with two attached hydrogens (primary N) is 1. The molecule has 0 radical (unpaired) electrons. The van der Waals surface area contributed by atoms with Crippen molar-refractivity contribution in [3.63, 3.8) is 0 Å². The summed E-state index contributed by atoms with van der Waals surface area (Å²) in [5.74, 6) is 5.02. The Balaban J connectivity index is 2.20. The van der Waals surface area contributed by atoms with Gasteiger partial charge in [0.2, 0.25) is 0 Å². The highest BCUT2D eigenvalue weighted by Gasteiger charge is 2.16. The molecule has 2 rings (SSSR count). The maximum Gasteiger partial charge on any atom is 0.197 e. The Morgan fingerprint density at radius 1 is 1.33 bits per heavy atom. The van der Waals surface area contributed by atoms with Gasteiger partial charge in [0.1, 0.15) is 5.82 Å². The van der Waals surface area contributed by atoms with Gasteiger partial charge in [-0.2, -0.15) is 0 Å². The van der Waals surface area contributed by atoms with Gasteiger partial charge in [-0.25, -0.2) is 4.39 Å². The van der Waals surface area contributed by atoms with Crippen LogP contribution in [-0.2, 0) is 6.42 Å². The lowest BCUT2D eigenvalue weighted by Crippen LogP contribution is -2.29. The van der Waals surface area contributed by atoms with Gasteiger partial charge in [0.15, 0.2) is 5.22 Å². The van der Waals surface area contributed by atoms with Crippen LogP contribution in [0, 0.1) is 5.82 Å². The van der Waals surface area contributed by atoms with Crippen LogP contribution in [0.25, 0.3) is 0 Å². The van der Waals surface area contributed by atoms with Crippen molar-refractivity contribution in [2.24, 2.45) is 5.84 Å². The molecule has 2 aromatic rings. The van der Waals surface area contributed by atoms with E-state index in [1.165, 1.54) is 18.4 Å². The van der Waals surface area contributed by atoms with Gasteiger partial charge in [0.05, 0.1) is 17.3 Å². The lowest BCUT2D eigenvalue weighted by molar-refractivity contribution is 0.525. The standard InChI is InChI=1S/C12H11Cl2FN2O/c13-9-2-1-7(5-10(9)15)6-11(17-16)8-3-4-18-12(8)14/h1-5,11,17H,6,16H2. The van der Waals surface area contributed by atoms with E-state index in [0.29, 0.717) is 6.42 Å². The molecule has 0 aliphatic carbocycles. The van der Waals surface area contributed by atoms with Crippen molar-refractivity contribution in [3.8, 4) is 0 Å². The fourth-order valence-electron chi connectivity index (χ4n) is 1.71. The third kappa shape index (κ3) is 2.84. The molecule has 0 aliphatic heterocycles. The van der Waals surface area contributed by atoms with E-state index in [9.17, 15) is 4.39 Å². The average Bonchev–Trinajstić information content (AvgIpc) is 2.77. The number of hydrazine groups is 1. The molecule has 6 heteroatoms. The second-order valence-electron chi connectivity index (χ2n) is 3.82. The highest BCUT2D eigenvalue weighted by atomic mass is 35.5. The lowest BCUT2D eigenvalue weighted by Gasteiger charge is -2.14. The van der Waals surface area contributed by atoms with Gasteiger partial charge >= 0.3 is 0 Å². The van der Waals surface area contributed by atoms with Crippen molar-refractivity contribution < 1.29 is 8.81 Å². The first-order valence-electron chi connectivity index (χ1n) is 5.24.